The van der Waals surface area contributed by atoms with Gasteiger partial charge in [-0.1, -0.05) is 48.9 Å². The average Bonchev–Trinajstić information content (AvgIpc) is 2.74. The van der Waals surface area contributed by atoms with E-state index in [2.05, 4.69) is 16.9 Å². The second kappa shape index (κ2) is 6.82. The summed E-state index contributed by atoms with van der Waals surface area (Å²) in [5.41, 5.74) is 2.22. The molecule has 0 unspecified atom stereocenters. The molecule has 0 fully saturated rings. The number of halogens is 1. The second-order valence-electron chi connectivity index (χ2n) is 6.22. The molecule has 1 N–H and O–H groups in total. The maximum atomic E-state index is 10.1. The minimum atomic E-state index is -0.738. The lowest BCUT2D eigenvalue weighted by atomic mass is 10.1. The van der Waals surface area contributed by atoms with Gasteiger partial charge in [0.1, 0.15) is 5.15 Å². The lowest BCUT2D eigenvalue weighted by Crippen LogP contribution is -2.38. The minimum Gasteiger partial charge on any atom is -0.389 e. The summed E-state index contributed by atoms with van der Waals surface area (Å²) in [4.78, 5) is 2.18. The third-order valence-electron chi connectivity index (χ3n) is 3.56. The number of likely N-dealkylation sites (N-methyl/N-ethyl adjacent to an activating group) is 1. The summed E-state index contributed by atoms with van der Waals surface area (Å²) < 4.78 is 1.71. The van der Waals surface area contributed by atoms with Crippen LogP contribution in [0.25, 0.3) is 11.3 Å². The SMILES string of the molecule is CCN(Cc1c(-c2ccccc2)nn(C)c1Cl)CC(C)(C)O. The van der Waals surface area contributed by atoms with E-state index in [-0.39, 0.29) is 0 Å². The van der Waals surface area contributed by atoms with Crippen LogP contribution in [0.1, 0.15) is 26.3 Å². The van der Waals surface area contributed by atoms with Gasteiger partial charge in [0.25, 0.3) is 0 Å². The molecule has 0 saturated heterocycles. The summed E-state index contributed by atoms with van der Waals surface area (Å²) in [5.74, 6) is 0. The summed E-state index contributed by atoms with van der Waals surface area (Å²) in [6.07, 6.45) is 0. The molecule has 0 aliphatic heterocycles. The summed E-state index contributed by atoms with van der Waals surface area (Å²) in [5, 5.41) is 15.3. The predicted molar refractivity (Wildman–Crippen MR) is 90.9 cm³/mol. The van der Waals surface area contributed by atoms with Crippen LogP contribution in [0.15, 0.2) is 30.3 Å². The summed E-state index contributed by atoms with van der Waals surface area (Å²) in [7, 11) is 1.85. The first-order chi connectivity index (χ1) is 10.3. The van der Waals surface area contributed by atoms with Crippen molar-refractivity contribution in [1.29, 1.82) is 0 Å². The lowest BCUT2D eigenvalue weighted by molar-refractivity contribution is 0.0354. The fourth-order valence-corrected chi connectivity index (χ4v) is 2.75. The highest BCUT2D eigenvalue weighted by molar-refractivity contribution is 6.30. The third-order valence-corrected chi connectivity index (χ3v) is 4.03. The van der Waals surface area contributed by atoms with Gasteiger partial charge in [0.2, 0.25) is 0 Å². The molecule has 0 atom stereocenters. The van der Waals surface area contributed by atoms with Gasteiger partial charge in [0.05, 0.1) is 11.3 Å². The van der Waals surface area contributed by atoms with E-state index in [1.54, 1.807) is 4.68 Å². The maximum absolute atomic E-state index is 10.1. The van der Waals surface area contributed by atoms with Crippen LogP contribution in [0.3, 0.4) is 0 Å². The zero-order valence-electron chi connectivity index (χ0n) is 13.7. The quantitative estimate of drug-likeness (QED) is 0.887. The molecular formula is C17H24ClN3O. The Labute approximate surface area is 137 Å². The van der Waals surface area contributed by atoms with Gasteiger partial charge in [0, 0.05) is 31.3 Å². The van der Waals surface area contributed by atoms with Crippen LogP contribution in [0.2, 0.25) is 5.15 Å². The van der Waals surface area contributed by atoms with E-state index in [0.717, 1.165) is 23.4 Å². The average molecular weight is 322 g/mol. The molecule has 0 amide bonds. The Bertz CT molecular complexity index is 617. The first kappa shape index (κ1) is 17.0. The fourth-order valence-electron chi connectivity index (χ4n) is 2.57. The van der Waals surface area contributed by atoms with Crippen molar-refractivity contribution in [3.63, 3.8) is 0 Å². The van der Waals surface area contributed by atoms with Crippen molar-refractivity contribution >= 4 is 11.6 Å². The van der Waals surface area contributed by atoms with Crippen LogP contribution in [0.5, 0.6) is 0 Å². The van der Waals surface area contributed by atoms with Crippen molar-refractivity contribution in [3.8, 4) is 11.3 Å². The highest BCUT2D eigenvalue weighted by atomic mass is 35.5. The van der Waals surface area contributed by atoms with Crippen molar-refractivity contribution < 1.29 is 5.11 Å². The van der Waals surface area contributed by atoms with Crippen molar-refractivity contribution in [1.82, 2.24) is 14.7 Å². The van der Waals surface area contributed by atoms with Crippen molar-refractivity contribution in [3.05, 3.63) is 41.0 Å². The van der Waals surface area contributed by atoms with Gasteiger partial charge in [-0.05, 0) is 20.4 Å². The molecule has 0 bridgehead atoms. The molecule has 1 aromatic heterocycles. The molecule has 1 heterocycles. The highest BCUT2D eigenvalue weighted by Crippen LogP contribution is 2.29. The largest absolute Gasteiger partial charge is 0.389 e. The number of aliphatic hydroxyl groups is 1. The van der Waals surface area contributed by atoms with Crippen LogP contribution in [-0.2, 0) is 13.6 Å². The Balaban J connectivity index is 2.34. The van der Waals surface area contributed by atoms with E-state index in [1.165, 1.54) is 0 Å². The third kappa shape index (κ3) is 4.09. The molecular weight excluding hydrogens is 298 g/mol. The van der Waals surface area contributed by atoms with Crippen molar-refractivity contribution in [2.75, 3.05) is 13.1 Å². The van der Waals surface area contributed by atoms with Gasteiger partial charge in [0.15, 0.2) is 0 Å². The molecule has 0 spiro atoms. The molecule has 2 aromatic rings. The van der Waals surface area contributed by atoms with Gasteiger partial charge in [-0.25, -0.2) is 0 Å². The van der Waals surface area contributed by atoms with Crippen LogP contribution in [0.4, 0.5) is 0 Å². The van der Waals surface area contributed by atoms with Crippen LogP contribution in [-0.4, -0.2) is 38.5 Å². The van der Waals surface area contributed by atoms with Gasteiger partial charge in [-0.15, -0.1) is 0 Å². The Morgan fingerprint density at radius 2 is 1.91 bits per heavy atom. The Kier molecular flexibility index (Phi) is 5.27. The molecule has 120 valence electrons. The van der Waals surface area contributed by atoms with E-state index < -0.39 is 5.60 Å². The first-order valence-electron chi connectivity index (χ1n) is 7.53. The maximum Gasteiger partial charge on any atom is 0.131 e. The molecule has 1 aromatic carbocycles. The molecule has 0 saturated carbocycles. The molecule has 2 rings (SSSR count). The number of aryl methyl sites for hydroxylation is 1. The zero-order valence-corrected chi connectivity index (χ0v) is 14.4. The van der Waals surface area contributed by atoms with E-state index in [4.69, 9.17) is 11.6 Å². The number of benzene rings is 1. The summed E-state index contributed by atoms with van der Waals surface area (Å²) in [6.45, 7) is 7.80. The van der Waals surface area contributed by atoms with Crippen LogP contribution >= 0.6 is 11.6 Å². The summed E-state index contributed by atoms with van der Waals surface area (Å²) in [6, 6.07) is 10.1. The number of hydrogen-bond acceptors (Lipinski definition) is 3. The number of nitrogens with zero attached hydrogens (tertiary/aromatic N) is 3. The first-order valence-corrected chi connectivity index (χ1v) is 7.91. The zero-order chi connectivity index (χ0) is 16.3. The van der Waals surface area contributed by atoms with E-state index in [9.17, 15) is 5.11 Å². The monoisotopic (exact) mass is 321 g/mol. The molecule has 22 heavy (non-hydrogen) atoms. The highest BCUT2D eigenvalue weighted by Gasteiger charge is 2.22. The fraction of sp³-hybridized carbons (Fsp3) is 0.471. The Morgan fingerprint density at radius 1 is 1.27 bits per heavy atom. The molecule has 0 aliphatic carbocycles. The smallest absolute Gasteiger partial charge is 0.131 e. The van der Waals surface area contributed by atoms with E-state index in [1.807, 2.05) is 51.2 Å². The number of aromatic nitrogens is 2. The van der Waals surface area contributed by atoms with Gasteiger partial charge >= 0.3 is 0 Å². The molecule has 0 aliphatic rings. The second-order valence-corrected chi connectivity index (χ2v) is 6.58. The predicted octanol–water partition coefficient (Wildman–Crippen LogP) is 3.33. The molecule has 5 heteroatoms. The number of rotatable bonds is 6. The Hall–Kier alpha value is -1.36. The van der Waals surface area contributed by atoms with Gasteiger partial charge in [-0.3, -0.25) is 9.58 Å². The van der Waals surface area contributed by atoms with Crippen molar-refractivity contribution in [2.45, 2.75) is 32.9 Å². The van der Waals surface area contributed by atoms with E-state index >= 15 is 0 Å². The Morgan fingerprint density at radius 3 is 2.45 bits per heavy atom. The van der Waals surface area contributed by atoms with E-state index in [0.29, 0.717) is 18.2 Å². The van der Waals surface area contributed by atoms with Gasteiger partial charge < -0.3 is 5.11 Å². The summed E-state index contributed by atoms with van der Waals surface area (Å²) >= 11 is 6.45. The molecule has 0 radical (unpaired) electrons. The topological polar surface area (TPSA) is 41.3 Å². The normalized spacial score (nSPS) is 12.1. The standard InChI is InChI=1S/C17H24ClN3O/c1-5-21(12-17(2,3)22)11-14-15(19-20(4)16(14)18)13-9-7-6-8-10-13/h6-10,22H,5,11-12H2,1-4H3. The van der Waals surface area contributed by atoms with Gasteiger partial charge in [-0.2, -0.15) is 5.10 Å². The minimum absolute atomic E-state index is 0.586. The lowest BCUT2D eigenvalue weighted by Gasteiger charge is -2.28. The number of hydrogen-bond donors (Lipinski definition) is 1. The van der Waals surface area contributed by atoms with Crippen LogP contribution < -0.4 is 0 Å². The molecule has 4 nitrogen and oxygen atoms in total. The van der Waals surface area contributed by atoms with Crippen LogP contribution in [0, 0.1) is 0 Å². The van der Waals surface area contributed by atoms with Crippen molar-refractivity contribution in [2.24, 2.45) is 7.05 Å².